The first-order valence-electron chi connectivity index (χ1n) is 6.26. The van der Waals surface area contributed by atoms with Crippen LogP contribution in [0.4, 0.5) is 10.1 Å². The van der Waals surface area contributed by atoms with E-state index in [1.54, 1.807) is 31.2 Å². The standard InChI is InChI=1S/C15H15FN2O2/c1-11-6-7-12(8-14(11)16)9-17-10-13-4-2-3-5-15(13)18(19)20/h2-8,17H,9-10H2,1H3. The molecule has 5 heteroatoms. The molecule has 0 aliphatic rings. The van der Waals surface area contributed by atoms with Crippen LogP contribution in [0.5, 0.6) is 0 Å². The van der Waals surface area contributed by atoms with E-state index >= 15 is 0 Å². The van der Waals surface area contributed by atoms with Crippen LogP contribution in [0.3, 0.4) is 0 Å². The maximum absolute atomic E-state index is 13.4. The Labute approximate surface area is 116 Å². The SMILES string of the molecule is Cc1ccc(CNCc2ccccc2[N+](=O)[O-])cc1F. The summed E-state index contributed by atoms with van der Waals surface area (Å²) in [4.78, 5) is 10.5. The van der Waals surface area contributed by atoms with Gasteiger partial charge in [-0.2, -0.15) is 0 Å². The first kappa shape index (κ1) is 14.1. The maximum Gasteiger partial charge on any atom is 0.273 e. The highest BCUT2D eigenvalue weighted by molar-refractivity contribution is 5.39. The molecular formula is C15H15FN2O2. The predicted octanol–water partition coefficient (Wildman–Crippen LogP) is 3.33. The van der Waals surface area contributed by atoms with Crippen LogP contribution in [0.2, 0.25) is 0 Å². The molecule has 4 nitrogen and oxygen atoms in total. The molecule has 0 spiro atoms. The Hall–Kier alpha value is -2.27. The van der Waals surface area contributed by atoms with Crippen molar-refractivity contribution in [2.75, 3.05) is 0 Å². The van der Waals surface area contributed by atoms with E-state index in [-0.39, 0.29) is 11.5 Å². The van der Waals surface area contributed by atoms with E-state index in [2.05, 4.69) is 5.32 Å². The van der Waals surface area contributed by atoms with E-state index in [1.165, 1.54) is 12.1 Å². The number of para-hydroxylation sites is 1. The van der Waals surface area contributed by atoms with E-state index in [0.29, 0.717) is 24.2 Å². The van der Waals surface area contributed by atoms with Gasteiger partial charge in [-0.05, 0) is 24.1 Å². The first-order chi connectivity index (χ1) is 9.58. The molecule has 0 bridgehead atoms. The molecule has 0 heterocycles. The number of rotatable bonds is 5. The monoisotopic (exact) mass is 274 g/mol. The van der Waals surface area contributed by atoms with Gasteiger partial charge in [0, 0.05) is 24.7 Å². The zero-order valence-electron chi connectivity index (χ0n) is 11.1. The zero-order valence-corrected chi connectivity index (χ0v) is 11.1. The van der Waals surface area contributed by atoms with Gasteiger partial charge in [-0.1, -0.05) is 30.3 Å². The molecule has 0 radical (unpaired) electrons. The number of nitro benzene ring substituents is 1. The zero-order chi connectivity index (χ0) is 14.5. The number of nitrogens with zero attached hydrogens (tertiary/aromatic N) is 1. The van der Waals surface area contributed by atoms with Gasteiger partial charge in [-0.3, -0.25) is 10.1 Å². The van der Waals surface area contributed by atoms with E-state index in [0.717, 1.165) is 5.56 Å². The molecular weight excluding hydrogens is 259 g/mol. The molecule has 0 amide bonds. The third kappa shape index (κ3) is 3.39. The third-order valence-electron chi connectivity index (χ3n) is 3.07. The Morgan fingerprint density at radius 1 is 1.20 bits per heavy atom. The summed E-state index contributed by atoms with van der Waals surface area (Å²) in [6, 6.07) is 11.6. The van der Waals surface area contributed by atoms with Gasteiger partial charge in [0.05, 0.1) is 4.92 Å². The molecule has 0 saturated carbocycles. The number of nitro groups is 1. The fourth-order valence-electron chi connectivity index (χ4n) is 1.93. The molecule has 0 aliphatic carbocycles. The van der Waals surface area contributed by atoms with Crippen molar-refractivity contribution in [3.63, 3.8) is 0 Å². The molecule has 0 atom stereocenters. The van der Waals surface area contributed by atoms with Crippen molar-refractivity contribution >= 4 is 5.69 Å². The highest BCUT2D eigenvalue weighted by atomic mass is 19.1. The average molecular weight is 274 g/mol. The van der Waals surface area contributed by atoms with E-state index in [4.69, 9.17) is 0 Å². The minimum Gasteiger partial charge on any atom is -0.308 e. The molecule has 0 aromatic heterocycles. The molecule has 0 fully saturated rings. The third-order valence-corrected chi connectivity index (χ3v) is 3.07. The lowest BCUT2D eigenvalue weighted by atomic mass is 10.1. The van der Waals surface area contributed by atoms with E-state index in [9.17, 15) is 14.5 Å². The highest BCUT2D eigenvalue weighted by Crippen LogP contribution is 2.17. The van der Waals surface area contributed by atoms with Gasteiger partial charge in [0.2, 0.25) is 0 Å². The predicted molar refractivity (Wildman–Crippen MR) is 74.8 cm³/mol. The van der Waals surface area contributed by atoms with Crippen LogP contribution in [-0.2, 0) is 13.1 Å². The number of halogens is 1. The van der Waals surface area contributed by atoms with Crippen molar-refractivity contribution in [2.45, 2.75) is 20.0 Å². The first-order valence-corrected chi connectivity index (χ1v) is 6.26. The van der Waals surface area contributed by atoms with Gasteiger partial charge in [0.15, 0.2) is 0 Å². The second kappa shape index (κ2) is 6.25. The minimum atomic E-state index is -0.400. The number of nitrogens with one attached hydrogen (secondary N) is 1. The Morgan fingerprint density at radius 2 is 1.95 bits per heavy atom. The molecule has 2 aromatic carbocycles. The Balaban J connectivity index is 1.99. The highest BCUT2D eigenvalue weighted by Gasteiger charge is 2.11. The largest absolute Gasteiger partial charge is 0.308 e. The topological polar surface area (TPSA) is 55.2 Å². The van der Waals surface area contributed by atoms with Crippen LogP contribution >= 0.6 is 0 Å². The molecule has 2 rings (SSSR count). The number of aryl methyl sites for hydroxylation is 1. The molecule has 20 heavy (non-hydrogen) atoms. The van der Waals surface area contributed by atoms with Crippen molar-refractivity contribution in [1.29, 1.82) is 0 Å². The molecule has 0 aliphatic heterocycles. The second-order valence-electron chi connectivity index (χ2n) is 4.57. The number of benzene rings is 2. The normalized spacial score (nSPS) is 10.5. The lowest BCUT2D eigenvalue weighted by Gasteiger charge is -2.07. The van der Waals surface area contributed by atoms with Crippen LogP contribution < -0.4 is 5.32 Å². The second-order valence-corrected chi connectivity index (χ2v) is 4.57. The fourth-order valence-corrected chi connectivity index (χ4v) is 1.93. The lowest BCUT2D eigenvalue weighted by Crippen LogP contribution is -2.14. The van der Waals surface area contributed by atoms with Gasteiger partial charge in [-0.25, -0.2) is 4.39 Å². The number of hydrogen-bond acceptors (Lipinski definition) is 3. The van der Waals surface area contributed by atoms with Crippen LogP contribution in [0, 0.1) is 22.9 Å². The average Bonchev–Trinajstić information content (AvgIpc) is 2.43. The summed E-state index contributed by atoms with van der Waals surface area (Å²) >= 11 is 0. The van der Waals surface area contributed by atoms with Crippen LogP contribution in [0.1, 0.15) is 16.7 Å². The Bertz CT molecular complexity index is 629. The van der Waals surface area contributed by atoms with Crippen LogP contribution in [0.15, 0.2) is 42.5 Å². The molecule has 2 aromatic rings. The van der Waals surface area contributed by atoms with E-state index in [1.807, 2.05) is 6.07 Å². The molecule has 0 saturated heterocycles. The van der Waals surface area contributed by atoms with Gasteiger partial charge in [0.25, 0.3) is 5.69 Å². The van der Waals surface area contributed by atoms with Crippen molar-refractivity contribution in [3.05, 3.63) is 75.1 Å². The van der Waals surface area contributed by atoms with Gasteiger partial charge in [-0.15, -0.1) is 0 Å². The van der Waals surface area contributed by atoms with Crippen LogP contribution in [0.25, 0.3) is 0 Å². The summed E-state index contributed by atoms with van der Waals surface area (Å²) in [5.41, 5.74) is 2.12. The van der Waals surface area contributed by atoms with E-state index < -0.39 is 4.92 Å². The number of hydrogen-bond donors (Lipinski definition) is 1. The Kier molecular flexibility index (Phi) is 4.42. The summed E-state index contributed by atoms with van der Waals surface area (Å²) < 4.78 is 13.4. The smallest absolute Gasteiger partial charge is 0.273 e. The van der Waals surface area contributed by atoms with Crippen LogP contribution in [-0.4, -0.2) is 4.92 Å². The van der Waals surface area contributed by atoms with Crippen molar-refractivity contribution in [1.82, 2.24) is 5.32 Å². The lowest BCUT2D eigenvalue weighted by molar-refractivity contribution is -0.385. The van der Waals surface area contributed by atoms with Gasteiger partial charge >= 0.3 is 0 Å². The maximum atomic E-state index is 13.4. The van der Waals surface area contributed by atoms with Gasteiger partial charge < -0.3 is 5.32 Å². The van der Waals surface area contributed by atoms with Crippen molar-refractivity contribution < 1.29 is 9.31 Å². The quantitative estimate of drug-likeness (QED) is 0.672. The summed E-state index contributed by atoms with van der Waals surface area (Å²) in [6.45, 7) is 2.54. The van der Waals surface area contributed by atoms with Crippen molar-refractivity contribution in [2.24, 2.45) is 0 Å². The van der Waals surface area contributed by atoms with Crippen molar-refractivity contribution in [3.8, 4) is 0 Å². The Morgan fingerprint density at radius 3 is 2.65 bits per heavy atom. The molecule has 0 unspecified atom stereocenters. The molecule has 104 valence electrons. The van der Waals surface area contributed by atoms with Gasteiger partial charge in [0.1, 0.15) is 5.82 Å². The molecule has 1 N–H and O–H groups in total. The summed E-state index contributed by atoms with van der Waals surface area (Å²) in [5.74, 6) is -0.241. The minimum absolute atomic E-state index is 0.0927. The fraction of sp³-hybridized carbons (Fsp3) is 0.200. The summed E-state index contributed by atoms with van der Waals surface area (Å²) in [6.07, 6.45) is 0. The summed E-state index contributed by atoms with van der Waals surface area (Å²) in [7, 11) is 0. The summed E-state index contributed by atoms with van der Waals surface area (Å²) in [5, 5.41) is 14.0.